The third kappa shape index (κ3) is 2.91. The van der Waals surface area contributed by atoms with Gasteiger partial charge in [-0.3, -0.25) is 0 Å². The van der Waals surface area contributed by atoms with E-state index in [2.05, 4.69) is 11.4 Å². The summed E-state index contributed by atoms with van der Waals surface area (Å²) in [5.41, 5.74) is 1.46. The molecule has 0 aliphatic carbocycles. The van der Waals surface area contributed by atoms with Crippen LogP contribution in [0.3, 0.4) is 0 Å². The van der Waals surface area contributed by atoms with Crippen LogP contribution in [-0.2, 0) is 0 Å². The van der Waals surface area contributed by atoms with Crippen molar-refractivity contribution in [2.45, 2.75) is 24.3 Å². The number of nitriles is 1. The molecule has 0 aliphatic rings. The van der Waals surface area contributed by atoms with Crippen molar-refractivity contribution in [2.24, 2.45) is 0 Å². The Bertz CT molecular complexity index is 383. The van der Waals surface area contributed by atoms with Crippen molar-refractivity contribution in [2.75, 3.05) is 18.2 Å². The predicted molar refractivity (Wildman–Crippen MR) is 67.7 cm³/mol. The Morgan fingerprint density at radius 2 is 2.31 bits per heavy atom. The molecular formula is C12H16N2OS. The quantitative estimate of drug-likeness (QED) is 0.771. The van der Waals surface area contributed by atoms with Crippen LogP contribution in [0.25, 0.3) is 0 Å². The minimum Gasteiger partial charge on any atom is -0.394 e. The first-order chi connectivity index (χ1) is 7.76. The Labute approximate surface area is 100 Å². The van der Waals surface area contributed by atoms with Crippen LogP contribution in [0.15, 0.2) is 23.1 Å². The summed E-state index contributed by atoms with van der Waals surface area (Å²) in [6.45, 7) is 2.07. The second kappa shape index (κ2) is 6.41. The fraction of sp³-hybridized carbons (Fsp3) is 0.417. The van der Waals surface area contributed by atoms with Crippen LogP contribution in [0.1, 0.15) is 18.9 Å². The molecule has 1 atom stereocenters. The van der Waals surface area contributed by atoms with E-state index in [-0.39, 0.29) is 12.6 Å². The number of aliphatic hydroxyl groups excluding tert-OH is 1. The minimum absolute atomic E-state index is 0.00389. The van der Waals surface area contributed by atoms with Crippen molar-refractivity contribution in [1.29, 1.82) is 5.26 Å². The molecule has 1 unspecified atom stereocenters. The number of hydrogen-bond donors (Lipinski definition) is 2. The number of nitrogens with zero attached hydrogens (tertiary/aromatic N) is 1. The fourth-order valence-electron chi connectivity index (χ4n) is 1.43. The highest BCUT2D eigenvalue weighted by Crippen LogP contribution is 2.26. The third-order valence-electron chi connectivity index (χ3n) is 2.43. The second-order valence-electron chi connectivity index (χ2n) is 3.43. The zero-order valence-corrected chi connectivity index (χ0v) is 10.3. The van der Waals surface area contributed by atoms with Gasteiger partial charge in [-0.1, -0.05) is 13.0 Å². The molecule has 0 spiro atoms. The smallest absolute Gasteiger partial charge is 0.102 e. The molecule has 0 aliphatic heterocycles. The molecule has 1 aromatic rings. The highest BCUT2D eigenvalue weighted by molar-refractivity contribution is 7.98. The van der Waals surface area contributed by atoms with E-state index in [1.165, 1.54) is 0 Å². The minimum atomic E-state index is 0.00389. The molecule has 0 bridgehead atoms. The lowest BCUT2D eigenvalue weighted by molar-refractivity contribution is 0.272. The average molecular weight is 236 g/mol. The normalized spacial score (nSPS) is 11.9. The number of anilines is 1. The van der Waals surface area contributed by atoms with E-state index in [0.717, 1.165) is 17.0 Å². The number of aliphatic hydroxyl groups is 1. The molecule has 3 nitrogen and oxygen atoms in total. The van der Waals surface area contributed by atoms with Gasteiger partial charge in [0.2, 0.25) is 0 Å². The Hall–Kier alpha value is -1.18. The summed E-state index contributed by atoms with van der Waals surface area (Å²) in [4.78, 5) is 0.959. The first-order valence-electron chi connectivity index (χ1n) is 5.21. The number of thioether (sulfide) groups is 1. The Morgan fingerprint density at radius 3 is 2.81 bits per heavy atom. The Morgan fingerprint density at radius 1 is 1.56 bits per heavy atom. The summed E-state index contributed by atoms with van der Waals surface area (Å²) < 4.78 is 0. The van der Waals surface area contributed by atoms with E-state index in [1.54, 1.807) is 11.8 Å². The van der Waals surface area contributed by atoms with Crippen molar-refractivity contribution >= 4 is 17.4 Å². The molecule has 0 saturated heterocycles. The number of hydrogen-bond acceptors (Lipinski definition) is 4. The summed E-state index contributed by atoms with van der Waals surface area (Å²) >= 11 is 1.55. The molecule has 0 fully saturated rings. The van der Waals surface area contributed by atoms with Gasteiger partial charge in [0.1, 0.15) is 6.07 Å². The molecule has 4 heteroatoms. The van der Waals surface area contributed by atoms with Gasteiger partial charge in [-0.15, -0.1) is 11.8 Å². The first kappa shape index (κ1) is 12.9. The molecule has 86 valence electrons. The summed E-state index contributed by atoms with van der Waals surface area (Å²) in [5.74, 6) is 0. The SMILES string of the molecule is CCC(CO)Nc1cccc(SC)c1C#N. The van der Waals surface area contributed by atoms with Crippen LogP contribution in [0, 0.1) is 11.3 Å². The molecule has 0 amide bonds. The van der Waals surface area contributed by atoms with Crippen molar-refractivity contribution < 1.29 is 5.11 Å². The zero-order valence-electron chi connectivity index (χ0n) is 9.53. The van der Waals surface area contributed by atoms with Crippen LogP contribution in [0.2, 0.25) is 0 Å². The number of benzene rings is 1. The fourth-order valence-corrected chi connectivity index (χ4v) is 2.01. The lowest BCUT2D eigenvalue weighted by Crippen LogP contribution is -2.23. The molecule has 2 N–H and O–H groups in total. The van der Waals surface area contributed by atoms with Gasteiger partial charge in [0.15, 0.2) is 0 Å². The van der Waals surface area contributed by atoms with Crippen molar-refractivity contribution in [3.8, 4) is 6.07 Å². The second-order valence-corrected chi connectivity index (χ2v) is 4.27. The van der Waals surface area contributed by atoms with Crippen LogP contribution in [0.4, 0.5) is 5.69 Å². The standard InChI is InChI=1S/C12H16N2OS/c1-3-9(8-15)14-11-5-4-6-12(16-2)10(11)7-13/h4-6,9,14-15H,3,8H2,1-2H3. The summed E-state index contributed by atoms with van der Waals surface area (Å²) in [6.07, 6.45) is 2.77. The van der Waals surface area contributed by atoms with Crippen LogP contribution in [-0.4, -0.2) is 24.0 Å². The van der Waals surface area contributed by atoms with E-state index in [4.69, 9.17) is 10.4 Å². The maximum absolute atomic E-state index is 9.13. The van der Waals surface area contributed by atoms with E-state index in [0.29, 0.717) is 5.56 Å². The zero-order chi connectivity index (χ0) is 12.0. The molecule has 16 heavy (non-hydrogen) atoms. The molecule has 0 aromatic heterocycles. The van der Waals surface area contributed by atoms with Crippen LogP contribution >= 0.6 is 11.8 Å². The maximum atomic E-state index is 9.13. The van der Waals surface area contributed by atoms with Crippen LogP contribution < -0.4 is 5.32 Å². The summed E-state index contributed by atoms with van der Waals surface area (Å²) in [5, 5.41) is 21.4. The van der Waals surface area contributed by atoms with Gasteiger partial charge >= 0.3 is 0 Å². The van der Waals surface area contributed by atoms with Crippen molar-refractivity contribution in [3.05, 3.63) is 23.8 Å². The molecule has 0 saturated carbocycles. The Kier molecular flexibility index (Phi) is 5.17. The predicted octanol–water partition coefficient (Wildman–Crippen LogP) is 2.46. The summed E-state index contributed by atoms with van der Waals surface area (Å²) in [6, 6.07) is 7.92. The topological polar surface area (TPSA) is 56.0 Å². The van der Waals surface area contributed by atoms with E-state index >= 15 is 0 Å². The first-order valence-corrected chi connectivity index (χ1v) is 6.43. The molecule has 1 rings (SSSR count). The summed E-state index contributed by atoms with van der Waals surface area (Å²) in [7, 11) is 0. The van der Waals surface area contributed by atoms with Gasteiger partial charge < -0.3 is 10.4 Å². The van der Waals surface area contributed by atoms with E-state index in [9.17, 15) is 0 Å². The van der Waals surface area contributed by atoms with Crippen LogP contribution in [0.5, 0.6) is 0 Å². The molecule has 0 radical (unpaired) electrons. The maximum Gasteiger partial charge on any atom is 0.102 e. The van der Waals surface area contributed by atoms with Gasteiger partial charge in [0.05, 0.1) is 17.9 Å². The van der Waals surface area contributed by atoms with Crippen molar-refractivity contribution in [3.63, 3.8) is 0 Å². The lowest BCUT2D eigenvalue weighted by atomic mass is 10.1. The van der Waals surface area contributed by atoms with Gasteiger partial charge in [0.25, 0.3) is 0 Å². The highest BCUT2D eigenvalue weighted by atomic mass is 32.2. The van der Waals surface area contributed by atoms with Gasteiger partial charge in [0, 0.05) is 10.9 Å². The number of nitrogens with one attached hydrogen (secondary N) is 1. The van der Waals surface area contributed by atoms with Gasteiger partial charge in [-0.05, 0) is 24.8 Å². The largest absolute Gasteiger partial charge is 0.394 e. The third-order valence-corrected chi connectivity index (χ3v) is 3.21. The van der Waals surface area contributed by atoms with Gasteiger partial charge in [-0.25, -0.2) is 0 Å². The highest BCUT2D eigenvalue weighted by Gasteiger charge is 2.10. The monoisotopic (exact) mass is 236 g/mol. The molecular weight excluding hydrogens is 220 g/mol. The lowest BCUT2D eigenvalue weighted by Gasteiger charge is -2.17. The average Bonchev–Trinajstić information content (AvgIpc) is 2.35. The van der Waals surface area contributed by atoms with E-state index < -0.39 is 0 Å². The van der Waals surface area contributed by atoms with Gasteiger partial charge in [-0.2, -0.15) is 5.26 Å². The van der Waals surface area contributed by atoms with E-state index in [1.807, 2.05) is 31.4 Å². The number of rotatable bonds is 5. The van der Waals surface area contributed by atoms with Crippen molar-refractivity contribution in [1.82, 2.24) is 0 Å². The Balaban J connectivity index is 3.00. The molecule has 0 heterocycles. The molecule has 1 aromatic carbocycles.